The van der Waals surface area contributed by atoms with E-state index in [1.807, 2.05) is 0 Å². The highest BCUT2D eigenvalue weighted by Gasteiger charge is 2.19. The first kappa shape index (κ1) is 44.3. The van der Waals surface area contributed by atoms with Gasteiger partial charge in [-0.2, -0.15) is 0 Å². The first-order chi connectivity index (χ1) is 22.1. The highest BCUT2D eigenvalue weighted by Crippen LogP contribution is 2.21. The number of carbonyl (C=O) groups excluding carboxylic acids is 1. The molecule has 7 heteroatoms. The first-order valence-electron chi connectivity index (χ1n) is 19.7. The SMILES string of the molecule is CCCCCCCCC(CCCCCC)C(=O)OCCCCCCN(CCCN)CCCCN(CCCN)CCCCCCO. The molecular formula is C38H80N4O3. The largest absolute Gasteiger partial charge is 0.465 e. The number of unbranched alkanes of at least 4 members (excludes halogenated alkanes) is 15. The summed E-state index contributed by atoms with van der Waals surface area (Å²) in [6.07, 6.45) is 28.1. The average Bonchev–Trinajstić information content (AvgIpc) is 3.05. The van der Waals surface area contributed by atoms with Crippen molar-refractivity contribution in [1.82, 2.24) is 9.80 Å². The molecule has 0 fully saturated rings. The van der Waals surface area contributed by atoms with Crippen molar-refractivity contribution in [3.8, 4) is 0 Å². The summed E-state index contributed by atoms with van der Waals surface area (Å²) in [6.45, 7) is 13.7. The second-order valence-electron chi connectivity index (χ2n) is 13.5. The second-order valence-corrected chi connectivity index (χ2v) is 13.5. The van der Waals surface area contributed by atoms with E-state index in [4.69, 9.17) is 21.3 Å². The summed E-state index contributed by atoms with van der Waals surface area (Å²) in [6, 6.07) is 0. The minimum Gasteiger partial charge on any atom is -0.465 e. The standard InChI is InChI=1S/C38H80N4O3/c1-3-5-7-9-10-16-26-37(25-15-8-6-4-2)38(44)45-36-22-14-12-18-30-42(34-24-28-40)32-20-19-31-41(33-23-27-39)29-17-11-13-21-35-43/h37,43H,3-36,39-40H2,1-2H3. The van der Waals surface area contributed by atoms with Gasteiger partial charge in [0, 0.05) is 6.61 Å². The third kappa shape index (κ3) is 30.4. The van der Waals surface area contributed by atoms with Gasteiger partial charge in [-0.25, -0.2) is 0 Å². The molecule has 45 heavy (non-hydrogen) atoms. The molecule has 7 nitrogen and oxygen atoms in total. The van der Waals surface area contributed by atoms with Gasteiger partial charge in [0.2, 0.25) is 0 Å². The van der Waals surface area contributed by atoms with Gasteiger partial charge in [-0.05, 0) is 117 Å². The van der Waals surface area contributed by atoms with Crippen molar-refractivity contribution >= 4 is 5.97 Å². The molecule has 0 bridgehead atoms. The lowest BCUT2D eigenvalue weighted by Gasteiger charge is -2.24. The Balaban J connectivity index is 4.28. The molecule has 0 aliphatic carbocycles. The van der Waals surface area contributed by atoms with Crippen LogP contribution in [0.15, 0.2) is 0 Å². The van der Waals surface area contributed by atoms with E-state index in [1.165, 1.54) is 89.9 Å². The number of hydrogen-bond acceptors (Lipinski definition) is 7. The fourth-order valence-corrected chi connectivity index (χ4v) is 6.22. The predicted molar refractivity (Wildman–Crippen MR) is 195 cm³/mol. The van der Waals surface area contributed by atoms with Crippen LogP contribution in [0.25, 0.3) is 0 Å². The molecule has 0 saturated heterocycles. The number of rotatable bonds is 37. The molecule has 0 aliphatic rings. The fraction of sp³-hybridized carbons (Fsp3) is 0.974. The van der Waals surface area contributed by atoms with E-state index < -0.39 is 0 Å². The summed E-state index contributed by atoms with van der Waals surface area (Å²) >= 11 is 0. The Labute approximate surface area is 281 Å². The highest BCUT2D eigenvalue weighted by molar-refractivity contribution is 5.72. The molecular weight excluding hydrogens is 560 g/mol. The van der Waals surface area contributed by atoms with E-state index in [9.17, 15) is 4.79 Å². The maximum absolute atomic E-state index is 12.9. The lowest BCUT2D eigenvalue weighted by molar-refractivity contribution is -0.149. The Morgan fingerprint density at radius 3 is 1.40 bits per heavy atom. The van der Waals surface area contributed by atoms with Crippen molar-refractivity contribution in [2.75, 3.05) is 65.6 Å². The van der Waals surface area contributed by atoms with Gasteiger partial charge < -0.3 is 31.1 Å². The molecule has 1 unspecified atom stereocenters. The number of nitrogens with zero attached hydrogens (tertiary/aromatic N) is 2. The Morgan fingerprint density at radius 2 is 0.911 bits per heavy atom. The molecule has 0 saturated carbocycles. The fourth-order valence-electron chi connectivity index (χ4n) is 6.22. The van der Waals surface area contributed by atoms with Gasteiger partial charge >= 0.3 is 5.97 Å². The van der Waals surface area contributed by atoms with Crippen LogP contribution in [-0.4, -0.2) is 86.4 Å². The topological polar surface area (TPSA) is 105 Å². The number of nitrogens with two attached hydrogens (primary N) is 2. The van der Waals surface area contributed by atoms with E-state index in [2.05, 4.69) is 23.6 Å². The van der Waals surface area contributed by atoms with Crippen LogP contribution in [-0.2, 0) is 9.53 Å². The van der Waals surface area contributed by atoms with Crippen molar-refractivity contribution < 1.29 is 14.6 Å². The van der Waals surface area contributed by atoms with Crippen LogP contribution in [0.4, 0.5) is 0 Å². The maximum atomic E-state index is 12.9. The van der Waals surface area contributed by atoms with Crippen molar-refractivity contribution in [1.29, 1.82) is 0 Å². The van der Waals surface area contributed by atoms with Crippen LogP contribution in [0.3, 0.4) is 0 Å². The van der Waals surface area contributed by atoms with Crippen LogP contribution in [0.1, 0.15) is 168 Å². The summed E-state index contributed by atoms with van der Waals surface area (Å²) in [4.78, 5) is 18.1. The summed E-state index contributed by atoms with van der Waals surface area (Å²) in [5, 5.41) is 9.00. The van der Waals surface area contributed by atoms with Crippen LogP contribution < -0.4 is 11.5 Å². The molecule has 0 aliphatic heterocycles. The monoisotopic (exact) mass is 641 g/mol. The van der Waals surface area contributed by atoms with Gasteiger partial charge in [0.15, 0.2) is 0 Å². The summed E-state index contributed by atoms with van der Waals surface area (Å²) < 4.78 is 5.80. The summed E-state index contributed by atoms with van der Waals surface area (Å²) in [7, 11) is 0. The smallest absolute Gasteiger partial charge is 0.308 e. The van der Waals surface area contributed by atoms with Gasteiger partial charge in [-0.1, -0.05) is 104 Å². The van der Waals surface area contributed by atoms with Crippen LogP contribution in [0.5, 0.6) is 0 Å². The summed E-state index contributed by atoms with van der Waals surface area (Å²) in [5.74, 6) is 0.171. The quantitative estimate of drug-likeness (QED) is 0.0466. The number of ether oxygens (including phenoxy) is 1. The van der Waals surface area contributed by atoms with E-state index >= 15 is 0 Å². The molecule has 0 amide bonds. The Bertz CT molecular complexity index is 595. The molecule has 0 aromatic rings. The minimum absolute atomic E-state index is 0.0660. The molecule has 0 spiro atoms. The van der Waals surface area contributed by atoms with Gasteiger partial charge in [-0.3, -0.25) is 4.79 Å². The van der Waals surface area contributed by atoms with Gasteiger partial charge in [-0.15, -0.1) is 0 Å². The minimum atomic E-state index is 0.0660. The summed E-state index contributed by atoms with van der Waals surface area (Å²) in [5.41, 5.74) is 11.6. The second kappa shape index (κ2) is 36.1. The number of hydrogen-bond donors (Lipinski definition) is 3. The maximum Gasteiger partial charge on any atom is 0.308 e. The van der Waals surface area contributed by atoms with E-state index in [0.29, 0.717) is 13.2 Å². The predicted octanol–water partition coefficient (Wildman–Crippen LogP) is 8.06. The molecule has 270 valence electrons. The van der Waals surface area contributed by atoms with Crippen LogP contribution >= 0.6 is 0 Å². The Hall–Kier alpha value is -0.730. The molecule has 1 atom stereocenters. The third-order valence-corrected chi connectivity index (χ3v) is 9.20. The van der Waals surface area contributed by atoms with Gasteiger partial charge in [0.05, 0.1) is 12.5 Å². The first-order valence-corrected chi connectivity index (χ1v) is 19.7. The van der Waals surface area contributed by atoms with Crippen LogP contribution in [0, 0.1) is 5.92 Å². The normalized spacial score (nSPS) is 12.4. The highest BCUT2D eigenvalue weighted by atomic mass is 16.5. The average molecular weight is 641 g/mol. The number of carbonyl (C=O) groups is 1. The molecule has 5 N–H and O–H groups in total. The van der Waals surface area contributed by atoms with Crippen molar-refractivity contribution in [3.05, 3.63) is 0 Å². The Kier molecular flexibility index (Phi) is 35.5. The van der Waals surface area contributed by atoms with Crippen molar-refractivity contribution in [2.24, 2.45) is 17.4 Å². The van der Waals surface area contributed by atoms with E-state index in [-0.39, 0.29) is 11.9 Å². The lowest BCUT2D eigenvalue weighted by atomic mass is 9.94. The molecule has 0 aromatic heterocycles. The van der Waals surface area contributed by atoms with E-state index in [0.717, 1.165) is 117 Å². The van der Waals surface area contributed by atoms with Gasteiger partial charge in [0.1, 0.15) is 0 Å². The van der Waals surface area contributed by atoms with Crippen molar-refractivity contribution in [2.45, 2.75) is 168 Å². The number of aliphatic hydroxyl groups excluding tert-OH is 1. The number of esters is 1. The zero-order valence-corrected chi connectivity index (χ0v) is 30.4. The lowest BCUT2D eigenvalue weighted by Crippen LogP contribution is -2.31. The molecule has 0 radical (unpaired) electrons. The van der Waals surface area contributed by atoms with E-state index in [1.54, 1.807) is 0 Å². The Morgan fingerprint density at radius 1 is 0.533 bits per heavy atom. The zero-order valence-electron chi connectivity index (χ0n) is 30.4. The molecule has 0 rings (SSSR count). The molecule has 0 aromatic carbocycles. The van der Waals surface area contributed by atoms with Gasteiger partial charge in [0.25, 0.3) is 0 Å². The third-order valence-electron chi connectivity index (χ3n) is 9.20. The van der Waals surface area contributed by atoms with Crippen LogP contribution in [0.2, 0.25) is 0 Å². The zero-order chi connectivity index (χ0) is 33.1. The number of aliphatic hydroxyl groups is 1. The van der Waals surface area contributed by atoms with Crippen molar-refractivity contribution in [3.63, 3.8) is 0 Å². The molecule has 0 heterocycles.